The summed E-state index contributed by atoms with van der Waals surface area (Å²) < 4.78 is 44.1. The molecule has 8 heteroatoms. The van der Waals surface area contributed by atoms with Crippen LogP contribution in [0.1, 0.15) is 45.2 Å². The molecule has 0 atom stereocenters. The van der Waals surface area contributed by atoms with Gasteiger partial charge in [-0.15, -0.1) is 0 Å². The number of hydrogen-bond acceptors (Lipinski definition) is 4. The number of carbonyl (C=O) groups is 1. The third-order valence-electron chi connectivity index (χ3n) is 4.82. The van der Waals surface area contributed by atoms with Crippen molar-refractivity contribution in [2.75, 3.05) is 25.0 Å². The van der Waals surface area contributed by atoms with E-state index in [0.717, 1.165) is 5.69 Å². The van der Waals surface area contributed by atoms with Crippen LogP contribution in [0.15, 0.2) is 18.3 Å². The van der Waals surface area contributed by atoms with Gasteiger partial charge in [-0.05, 0) is 45.7 Å². The number of aromatic nitrogens is 1. The van der Waals surface area contributed by atoms with Crippen LogP contribution in [-0.2, 0) is 4.74 Å². The van der Waals surface area contributed by atoms with Crippen molar-refractivity contribution < 1.29 is 22.7 Å². The van der Waals surface area contributed by atoms with Gasteiger partial charge in [0.05, 0.1) is 17.3 Å². The molecule has 144 valence electrons. The van der Waals surface area contributed by atoms with Gasteiger partial charge in [-0.25, -0.2) is 4.79 Å². The Morgan fingerprint density at radius 2 is 1.96 bits per heavy atom. The highest BCUT2D eigenvalue weighted by Gasteiger charge is 2.62. The highest BCUT2D eigenvalue weighted by Crippen LogP contribution is 2.57. The Bertz CT molecular complexity index is 658. The Kier molecular flexibility index (Phi) is 4.56. The molecule has 1 saturated heterocycles. The second-order valence-corrected chi connectivity index (χ2v) is 8.19. The maximum atomic E-state index is 12.9. The molecule has 0 spiro atoms. The van der Waals surface area contributed by atoms with E-state index >= 15 is 0 Å². The van der Waals surface area contributed by atoms with Crippen molar-refractivity contribution >= 4 is 11.8 Å². The lowest BCUT2D eigenvalue weighted by molar-refractivity contribution is -0.182. The van der Waals surface area contributed by atoms with Gasteiger partial charge in [-0.3, -0.25) is 4.98 Å². The molecule has 2 heterocycles. The topological polar surface area (TPSA) is 54.5 Å². The normalized spacial score (nSPS) is 19.7. The Hall–Kier alpha value is -1.99. The van der Waals surface area contributed by atoms with Crippen LogP contribution in [0.2, 0.25) is 0 Å². The van der Waals surface area contributed by atoms with E-state index in [0.29, 0.717) is 18.8 Å². The van der Waals surface area contributed by atoms with Gasteiger partial charge in [-0.1, -0.05) is 0 Å². The minimum atomic E-state index is -4.16. The van der Waals surface area contributed by atoms with Crippen molar-refractivity contribution in [3.63, 3.8) is 0 Å². The summed E-state index contributed by atoms with van der Waals surface area (Å²) in [5, 5.41) is 2.84. The maximum Gasteiger partial charge on any atom is 0.410 e. The van der Waals surface area contributed by atoms with Crippen molar-refractivity contribution in [2.45, 2.75) is 51.3 Å². The van der Waals surface area contributed by atoms with Gasteiger partial charge in [-0.2, -0.15) is 13.2 Å². The second-order valence-electron chi connectivity index (χ2n) is 8.19. The fraction of sp³-hybridized carbons (Fsp3) is 0.667. The van der Waals surface area contributed by atoms with Gasteiger partial charge < -0.3 is 15.0 Å². The molecule has 1 aliphatic carbocycles. The number of ether oxygens (including phenoxy) is 1. The number of amides is 1. The fourth-order valence-corrected chi connectivity index (χ4v) is 2.88. The largest absolute Gasteiger partial charge is 0.444 e. The minimum Gasteiger partial charge on any atom is -0.444 e. The summed E-state index contributed by atoms with van der Waals surface area (Å²) in [7, 11) is 0. The molecule has 3 rings (SSSR count). The average Bonchev–Trinajstić information content (AvgIpc) is 3.23. The van der Waals surface area contributed by atoms with E-state index in [1.165, 1.54) is 0 Å². The number of halogens is 3. The summed E-state index contributed by atoms with van der Waals surface area (Å²) in [5.41, 5.74) is -0.698. The molecule has 1 aromatic rings. The zero-order valence-corrected chi connectivity index (χ0v) is 15.2. The molecule has 1 aromatic heterocycles. The van der Waals surface area contributed by atoms with Crippen LogP contribution in [0.4, 0.5) is 23.7 Å². The molecule has 1 aliphatic heterocycles. The summed E-state index contributed by atoms with van der Waals surface area (Å²) in [6, 6.07) is 3.54. The highest BCUT2D eigenvalue weighted by molar-refractivity contribution is 5.69. The number of alkyl halides is 3. The highest BCUT2D eigenvalue weighted by atomic mass is 19.4. The van der Waals surface area contributed by atoms with Gasteiger partial charge in [0.25, 0.3) is 0 Å². The van der Waals surface area contributed by atoms with Crippen molar-refractivity contribution in [3.05, 3.63) is 24.0 Å². The number of rotatable bonds is 4. The summed E-state index contributed by atoms with van der Waals surface area (Å²) in [6.07, 6.45) is -2.59. The zero-order valence-electron chi connectivity index (χ0n) is 15.2. The van der Waals surface area contributed by atoms with Crippen LogP contribution in [0.3, 0.4) is 0 Å². The smallest absolute Gasteiger partial charge is 0.410 e. The molecule has 0 unspecified atom stereocenters. The molecule has 2 aliphatic rings. The van der Waals surface area contributed by atoms with E-state index in [4.69, 9.17) is 4.74 Å². The Balaban J connectivity index is 1.48. The first-order valence-corrected chi connectivity index (χ1v) is 8.74. The van der Waals surface area contributed by atoms with Crippen LogP contribution in [-0.4, -0.2) is 47.4 Å². The molecular weight excluding hydrogens is 347 g/mol. The van der Waals surface area contributed by atoms with Gasteiger partial charge in [0.1, 0.15) is 5.60 Å². The number of hydrogen-bond donors (Lipinski definition) is 1. The van der Waals surface area contributed by atoms with Gasteiger partial charge in [0.2, 0.25) is 0 Å². The molecule has 1 saturated carbocycles. The zero-order chi connectivity index (χ0) is 19.2. The maximum absolute atomic E-state index is 12.9. The van der Waals surface area contributed by atoms with E-state index in [1.807, 2.05) is 20.8 Å². The molecule has 5 nitrogen and oxygen atoms in total. The van der Waals surface area contributed by atoms with E-state index in [2.05, 4.69) is 10.3 Å². The Labute approximate surface area is 150 Å². The van der Waals surface area contributed by atoms with E-state index in [-0.39, 0.29) is 31.4 Å². The number of nitrogens with zero attached hydrogens (tertiary/aromatic N) is 2. The lowest BCUT2D eigenvalue weighted by atomic mass is 9.96. The third-order valence-corrected chi connectivity index (χ3v) is 4.82. The summed E-state index contributed by atoms with van der Waals surface area (Å²) in [4.78, 5) is 17.9. The van der Waals surface area contributed by atoms with Crippen molar-refractivity contribution in [2.24, 2.45) is 5.41 Å². The van der Waals surface area contributed by atoms with E-state index < -0.39 is 17.2 Å². The first-order valence-electron chi connectivity index (χ1n) is 8.74. The number of pyridine rings is 1. The van der Waals surface area contributed by atoms with Crippen molar-refractivity contribution in [1.82, 2.24) is 9.88 Å². The van der Waals surface area contributed by atoms with Crippen LogP contribution in [0.25, 0.3) is 0 Å². The molecule has 0 radical (unpaired) electrons. The Morgan fingerprint density at radius 3 is 2.42 bits per heavy atom. The summed E-state index contributed by atoms with van der Waals surface area (Å²) >= 11 is 0. The molecule has 2 fully saturated rings. The lowest BCUT2D eigenvalue weighted by Gasteiger charge is -2.39. The first-order chi connectivity index (χ1) is 12.0. The summed E-state index contributed by atoms with van der Waals surface area (Å²) in [5.74, 6) is 0.126. The quantitative estimate of drug-likeness (QED) is 0.863. The van der Waals surface area contributed by atoms with Crippen LogP contribution < -0.4 is 5.32 Å². The molecule has 1 N–H and O–H groups in total. The fourth-order valence-electron chi connectivity index (χ4n) is 2.88. The molecule has 0 bridgehead atoms. The standard InChI is InChI=1S/C18H24F3N3O2/c1-16(2,3)26-15(25)24-9-12(10-24)14-5-4-13(8-22-14)23-11-17(6-7-17)18(19,20)21/h4-5,8,12,23H,6-7,9-11H2,1-3H3. The minimum absolute atomic E-state index is 0.118. The van der Waals surface area contributed by atoms with Gasteiger partial charge in [0, 0.05) is 31.2 Å². The molecule has 0 aromatic carbocycles. The predicted molar refractivity (Wildman–Crippen MR) is 91.0 cm³/mol. The number of nitrogens with one attached hydrogen (secondary N) is 1. The number of carbonyl (C=O) groups excluding carboxylic acids is 1. The van der Waals surface area contributed by atoms with E-state index in [9.17, 15) is 18.0 Å². The van der Waals surface area contributed by atoms with Crippen LogP contribution in [0, 0.1) is 5.41 Å². The van der Waals surface area contributed by atoms with Gasteiger partial charge in [0.15, 0.2) is 0 Å². The average molecular weight is 371 g/mol. The molecule has 26 heavy (non-hydrogen) atoms. The van der Waals surface area contributed by atoms with Crippen molar-refractivity contribution in [1.29, 1.82) is 0 Å². The SMILES string of the molecule is CC(C)(C)OC(=O)N1CC(c2ccc(NCC3(C(F)(F)F)CC3)cn2)C1. The van der Waals surface area contributed by atoms with Gasteiger partial charge >= 0.3 is 12.3 Å². The predicted octanol–water partition coefficient (Wildman–Crippen LogP) is 4.17. The van der Waals surface area contributed by atoms with Crippen molar-refractivity contribution in [3.8, 4) is 0 Å². The second kappa shape index (κ2) is 6.32. The lowest BCUT2D eigenvalue weighted by Crippen LogP contribution is -2.50. The monoisotopic (exact) mass is 371 g/mol. The summed E-state index contributed by atoms with van der Waals surface area (Å²) in [6.45, 7) is 6.41. The number of anilines is 1. The first kappa shape index (κ1) is 18.8. The number of likely N-dealkylation sites (tertiary alicyclic amines) is 1. The van der Waals surface area contributed by atoms with Crippen LogP contribution >= 0.6 is 0 Å². The van der Waals surface area contributed by atoms with E-state index in [1.54, 1.807) is 23.2 Å². The third kappa shape index (κ3) is 4.04. The molecular formula is C18H24F3N3O2. The molecule has 1 amide bonds. The van der Waals surface area contributed by atoms with Crippen LogP contribution in [0.5, 0.6) is 0 Å². The Morgan fingerprint density at radius 1 is 1.31 bits per heavy atom.